The van der Waals surface area contributed by atoms with Crippen LogP contribution in [0, 0.1) is 0 Å². The molecule has 146 valence electrons. The van der Waals surface area contributed by atoms with Crippen LogP contribution in [-0.4, -0.2) is 43.9 Å². The standard InChI is InChI=1S/C22H20N4O3/c27-17-14-23-26-19(20(17)28)22(29)25-13-7-12-24(25)21(26)18(15-8-3-1-4-9-15)16-10-5-2-6-11-16/h1-6,8-11,14,18,21,28H,7,12-13H2/t21-/m0/s1. The molecule has 2 aliphatic heterocycles. The molecule has 29 heavy (non-hydrogen) atoms. The van der Waals surface area contributed by atoms with Crippen molar-refractivity contribution in [3.05, 3.63) is 93.9 Å². The van der Waals surface area contributed by atoms with Crippen LogP contribution in [0.1, 0.15) is 40.1 Å². The molecule has 1 fully saturated rings. The maximum Gasteiger partial charge on any atom is 0.290 e. The molecule has 1 aromatic heterocycles. The Labute approximate surface area is 167 Å². The smallest absolute Gasteiger partial charge is 0.290 e. The second-order valence-corrected chi connectivity index (χ2v) is 7.31. The molecule has 0 saturated carbocycles. The van der Waals surface area contributed by atoms with Crippen LogP contribution in [0.4, 0.5) is 0 Å². The van der Waals surface area contributed by atoms with Crippen molar-refractivity contribution in [3.63, 3.8) is 0 Å². The normalized spacial score (nSPS) is 18.7. The molecule has 7 nitrogen and oxygen atoms in total. The highest BCUT2D eigenvalue weighted by atomic mass is 16.3. The van der Waals surface area contributed by atoms with E-state index in [0.29, 0.717) is 13.1 Å². The summed E-state index contributed by atoms with van der Waals surface area (Å²) in [7, 11) is 0. The van der Waals surface area contributed by atoms with E-state index in [4.69, 9.17) is 0 Å². The zero-order valence-corrected chi connectivity index (χ0v) is 15.7. The molecular weight excluding hydrogens is 368 g/mol. The third kappa shape index (κ3) is 2.74. The van der Waals surface area contributed by atoms with Gasteiger partial charge < -0.3 is 5.11 Å². The number of amides is 1. The molecule has 0 radical (unpaired) electrons. The lowest BCUT2D eigenvalue weighted by atomic mass is 9.87. The second kappa shape index (κ2) is 6.86. The van der Waals surface area contributed by atoms with Crippen LogP contribution < -0.4 is 5.43 Å². The van der Waals surface area contributed by atoms with Crippen molar-refractivity contribution in [2.75, 3.05) is 13.1 Å². The van der Waals surface area contributed by atoms with Gasteiger partial charge in [0.05, 0.1) is 6.20 Å². The summed E-state index contributed by atoms with van der Waals surface area (Å²) in [5, 5.41) is 18.4. The molecule has 5 rings (SSSR count). The number of rotatable bonds is 3. The molecule has 0 unspecified atom stereocenters. The summed E-state index contributed by atoms with van der Waals surface area (Å²) >= 11 is 0. The minimum absolute atomic E-state index is 0.0440. The topological polar surface area (TPSA) is 78.7 Å². The number of hydrazine groups is 1. The number of carbonyl (C=O) groups is 1. The fourth-order valence-corrected chi connectivity index (χ4v) is 4.40. The first-order valence-electron chi connectivity index (χ1n) is 9.66. The largest absolute Gasteiger partial charge is 0.502 e. The maximum absolute atomic E-state index is 13.0. The zero-order chi connectivity index (χ0) is 20.0. The highest BCUT2D eigenvalue weighted by Gasteiger charge is 2.46. The predicted octanol–water partition coefficient (Wildman–Crippen LogP) is 2.36. The van der Waals surface area contributed by atoms with Gasteiger partial charge in [-0.2, -0.15) is 10.1 Å². The molecule has 1 saturated heterocycles. The molecular formula is C22H20N4O3. The number of carbonyl (C=O) groups excluding carboxylic acids is 1. The third-order valence-corrected chi connectivity index (χ3v) is 5.66. The maximum atomic E-state index is 13.0. The first-order chi connectivity index (χ1) is 14.2. The minimum Gasteiger partial charge on any atom is -0.502 e. The lowest BCUT2D eigenvalue weighted by Crippen LogP contribution is -2.54. The first-order valence-corrected chi connectivity index (χ1v) is 9.66. The van der Waals surface area contributed by atoms with E-state index < -0.39 is 11.2 Å². The predicted molar refractivity (Wildman–Crippen MR) is 106 cm³/mol. The summed E-state index contributed by atoms with van der Waals surface area (Å²) in [6.07, 6.45) is 1.51. The van der Waals surface area contributed by atoms with Crippen molar-refractivity contribution in [2.24, 2.45) is 0 Å². The van der Waals surface area contributed by atoms with Crippen molar-refractivity contribution in [3.8, 4) is 5.75 Å². The molecule has 2 aromatic carbocycles. The molecule has 0 spiro atoms. The van der Waals surface area contributed by atoms with Gasteiger partial charge in [-0.3, -0.25) is 14.6 Å². The van der Waals surface area contributed by atoms with Crippen molar-refractivity contribution in [2.45, 2.75) is 18.5 Å². The Morgan fingerprint density at radius 3 is 2.17 bits per heavy atom. The quantitative estimate of drug-likeness (QED) is 0.745. The Morgan fingerprint density at radius 1 is 0.931 bits per heavy atom. The number of aromatic hydroxyl groups is 1. The molecule has 0 bridgehead atoms. The van der Waals surface area contributed by atoms with Gasteiger partial charge in [-0.05, 0) is 17.5 Å². The van der Waals surface area contributed by atoms with E-state index in [-0.39, 0.29) is 23.7 Å². The molecule has 2 aliphatic rings. The number of hydrogen-bond donors (Lipinski definition) is 1. The van der Waals surface area contributed by atoms with Crippen molar-refractivity contribution < 1.29 is 9.90 Å². The number of nitrogens with zero attached hydrogens (tertiary/aromatic N) is 4. The van der Waals surface area contributed by atoms with E-state index in [2.05, 4.69) is 29.4 Å². The van der Waals surface area contributed by atoms with Gasteiger partial charge in [-0.25, -0.2) is 4.68 Å². The van der Waals surface area contributed by atoms with Crippen LogP contribution >= 0.6 is 0 Å². The summed E-state index contributed by atoms with van der Waals surface area (Å²) in [5.74, 6) is -1.08. The third-order valence-electron chi connectivity index (χ3n) is 5.66. The van der Waals surface area contributed by atoms with E-state index in [9.17, 15) is 14.7 Å². The van der Waals surface area contributed by atoms with Gasteiger partial charge >= 0.3 is 0 Å². The highest BCUT2D eigenvalue weighted by Crippen LogP contribution is 2.43. The van der Waals surface area contributed by atoms with E-state index in [1.54, 1.807) is 5.01 Å². The van der Waals surface area contributed by atoms with Crippen LogP contribution in [0.2, 0.25) is 0 Å². The summed E-state index contributed by atoms with van der Waals surface area (Å²) in [6, 6.07) is 20.1. The second-order valence-electron chi connectivity index (χ2n) is 7.31. The van der Waals surface area contributed by atoms with Gasteiger partial charge in [0.1, 0.15) is 6.17 Å². The molecule has 1 amide bonds. The van der Waals surface area contributed by atoms with Gasteiger partial charge in [-0.1, -0.05) is 60.7 Å². The fourth-order valence-electron chi connectivity index (χ4n) is 4.40. The lowest BCUT2D eigenvalue weighted by Gasteiger charge is -2.44. The Hall–Kier alpha value is -3.45. The average Bonchev–Trinajstić information content (AvgIpc) is 3.25. The molecule has 1 N–H and O–H groups in total. The molecule has 0 aliphatic carbocycles. The van der Waals surface area contributed by atoms with Gasteiger partial charge in [0.25, 0.3) is 5.91 Å². The van der Waals surface area contributed by atoms with E-state index >= 15 is 0 Å². The number of benzene rings is 2. The number of fused-ring (bicyclic) bond motifs is 2. The number of hydrogen-bond acceptors (Lipinski definition) is 5. The van der Waals surface area contributed by atoms with Gasteiger partial charge in [0, 0.05) is 19.0 Å². The first kappa shape index (κ1) is 17.6. The lowest BCUT2D eigenvalue weighted by molar-refractivity contribution is -0.0541. The summed E-state index contributed by atoms with van der Waals surface area (Å²) in [5.41, 5.74) is 1.44. The van der Waals surface area contributed by atoms with Crippen LogP contribution in [0.3, 0.4) is 0 Å². The van der Waals surface area contributed by atoms with Crippen molar-refractivity contribution in [1.29, 1.82) is 0 Å². The molecule has 7 heteroatoms. The van der Waals surface area contributed by atoms with Gasteiger partial charge in [-0.15, -0.1) is 0 Å². The van der Waals surface area contributed by atoms with E-state index in [1.165, 1.54) is 4.68 Å². The molecule has 3 aromatic rings. The zero-order valence-electron chi connectivity index (χ0n) is 15.7. The van der Waals surface area contributed by atoms with Crippen LogP contribution in [0.25, 0.3) is 0 Å². The summed E-state index contributed by atoms with van der Waals surface area (Å²) < 4.78 is 1.52. The monoisotopic (exact) mass is 388 g/mol. The van der Waals surface area contributed by atoms with Crippen molar-refractivity contribution >= 4 is 5.91 Å². The Balaban J connectivity index is 1.78. The summed E-state index contributed by atoms with van der Waals surface area (Å²) in [4.78, 5) is 25.1. The average molecular weight is 388 g/mol. The van der Waals surface area contributed by atoms with Gasteiger partial charge in [0.2, 0.25) is 5.43 Å². The fraction of sp³-hybridized carbons (Fsp3) is 0.227. The van der Waals surface area contributed by atoms with Gasteiger partial charge in [0.15, 0.2) is 11.4 Å². The Kier molecular flexibility index (Phi) is 4.17. The number of aromatic nitrogens is 2. The Morgan fingerprint density at radius 2 is 1.55 bits per heavy atom. The Bertz CT molecular complexity index is 1070. The van der Waals surface area contributed by atoms with Crippen LogP contribution in [0.15, 0.2) is 71.7 Å². The van der Waals surface area contributed by atoms with Crippen LogP contribution in [0.5, 0.6) is 5.75 Å². The highest BCUT2D eigenvalue weighted by molar-refractivity contribution is 5.95. The minimum atomic E-state index is -0.646. The molecule has 3 heterocycles. The SMILES string of the molecule is O=C1c2c(O)c(=O)cnn2[C@@H](C(c2ccccc2)c2ccccc2)N2CCCN12. The van der Waals surface area contributed by atoms with E-state index in [0.717, 1.165) is 23.7 Å². The summed E-state index contributed by atoms with van der Waals surface area (Å²) in [6.45, 7) is 1.24. The van der Waals surface area contributed by atoms with Crippen LogP contribution in [-0.2, 0) is 0 Å². The molecule has 1 atom stereocenters. The van der Waals surface area contributed by atoms with E-state index in [1.807, 2.05) is 41.4 Å². The van der Waals surface area contributed by atoms with Crippen molar-refractivity contribution in [1.82, 2.24) is 19.8 Å².